The molecular weight excluding hydrogens is 328 g/mol. The Balaban J connectivity index is 1.89. The molecule has 0 aliphatic carbocycles. The Morgan fingerprint density at radius 2 is 1.73 bits per heavy atom. The van der Waals surface area contributed by atoms with Crippen molar-refractivity contribution >= 4 is 17.5 Å². The van der Waals surface area contributed by atoms with Crippen molar-refractivity contribution in [2.45, 2.75) is 33.1 Å². The van der Waals surface area contributed by atoms with Crippen molar-refractivity contribution in [3.63, 3.8) is 0 Å². The lowest BCUT2D eigenvalue weighted by Gasteiger charge is -2.13. The Kier molecular flexibility index (Phi) is 7.21. The first-order valence-electron chi connectivity index (χ1n) is 8.91. The molecule has 0 unspecified atom stereocenters. The van der Waals surface area contributed by atoms with Crippen molar-refractivity contribution in [3.05, 3.63) is 59.7 Å². The molecule has 0 saturated carbocycles. The SMILES string of the molecule is CCCNC(=O)c1ccc(NC(=O)COc2ccccc2C(C)C)cc1. The van der Waals surface area contributed by atoms with Gasteiger partial charge >= 0.3 is 0 Å². The summed E-state index contributed by atoms with van der Waals surface area (Å²) in [6.45, 7) is 6.75. The predicted molar refractivity (Wildman–Crippen MR) is 104 cm³/mol. The quantitative estimate of drug-likeness (QED) is 0.754. The standard InChI is InChI=1S/C21H26N2O3/c1-4-13-22-21(25)16-9-11-17(12-10-16)23-20(24)14-26-19-8-6-5-7-18(19)15(2)3/h5-12,15H,4,13-14H2,1-3H3,(H,22,25)(H,23,24). The van der Waals surface area contributed by atoms with Crippen LogP contribution in [-0.2, 0) is 4.79 Å². The average Bonchev–Trinajstić information content (AvgIpc) is 2.65. The van der Waals surface area contributed by atoms with Gasteiger partial charge < -0.3 is 15.4 Å². The summed E-state index contributed by atoms with van der Waals surface area (Å²) in [7, 11) is 0. The zero-order valence-electron chi connectivity index (χ0n) is 15.5. The van der Waals surface area contributed by atoms with E-state index >= 15 is 0 Å². The van der Waals surface area contributed by atoms with E-state index in [-0.39, 0.29) is 18.4 Å². The molecule has 0 bridgehead atoms. The fourth-order valence-electron chi connectivity index (χ4n) is 2.47. The molecule has 26 heavy (non-hydrogen) atoms. The minimum atomic E-state index is -0.244. The van der Waals surface area contributed by atoms with Crippen molar-refractivity contribution in [2.24, 2.45) is 0 Å². The van der Waals surface area contributed by atoms with Crippen LogP contribution in [0.15, 0.2) is 48.5 Å². The van der Waals surface area contributed by atoms with Crippen LogP contribution in [0.1, 0.15) is 49.0 Å². The van der Waals surface area contributed by atoms with Crippen molar-refractivity contribution < 1.29 is 14.3 Å². The highest BCUT2D eigenvalue weighted by Crippen LogP contribution is 2.25. The Hall–Kier alpha value is -2.82. The van der Waals surface area contributed by atoms with E-state index in [4.69, 9.17) is 4.74 Å². The smallest absolute Gasteiger partial charge is 0.262 e. The van der Waals surface area contributed by atoms with Gasteiger partial charge in [-0.15, -0.1) is 0 Å². The molecule has 2 rings (SSSR count). The molecule has 2 N–H and O–H groups in total. The molecule has 0 saturated heterocycles. The molecule has 2 aromatic rings. The van der Waals surface area contributed by atoms with Gasteiger partial charge in [0.1, 0.15) is 5.75 Å². The molecule has 0 spiro atoms. The van der Waals surface area contributed by atoms with Crippen LogP contribution in [0.25, 0.3) is 0 Å². The molecule has 0 radical (unpaired) electrons. The van der Waals surface area contributed by atoms with Gasteiger partial charge in [0.15, 0.2) is 6.61 Å². The lowest BCUT2D eigenvalue weighted by atomic mass is 10.0. The lowest BCUT2D eigenvalue weighted by molar-refractivity contribution is -0.118. The Bertz CT molecular complexity index is 739. The number of hydrogen-bond acceptors (Lipinski definition) is 3. The number of carbonyl (C=O) groups is 2. The fraction of sp³-hybridized carbons (Fsp3) is 0.333. The maximum absolute atomic E-state index is 12.1. The Labute approximate surface area is 154 Å². The van der Waals surface area contributed by atoms with Crippen molar-refractivity contribution in [3.8, 4) is 5.75 Å². The third kappa shape index (κ3) is 5.62. The minimum absolute atomic E-state index is 0.0670. The van der Waals surface area contributed by atoms with E-state index in [9.17, 15) is 9.59 Å². The lowest BCUT2D eigenvalue weighted by Crippen LogP contribution is -2.24. The summed E-state index contributed by atoms with van der Waals surface area (Å²) in [4.78, 5) is 24.0. The van der Waals surface area contributed by atoms with Crippen LogP contribution < -0.4 is 15.4 Å². The molecule has 2 amide bonds. The molecule has 0 heterocycles. The van der Waals surface area contributed by atoms with Gasteiger partial charge in [0, 0.05) is 17.8 Å². The van der Waals surface area contributed by atoms with E-state index in [1.807, 2.05) is 31.2 Å². The summed E-state index contributed by atoms with van der Waals surface area (Å²) in [6.07, 6.45) is 0.889. The van der Waals surface area contributed by atoms with Crippen LogP contribution in [0.2, 0.25) is 0 Å². The topological polar surface area (TPSA) is 67.4 Å². The molecule has 0 fully saturated rings. The first-order valence-corrected chi connectivity index (χ1v) is 8.91. The third-order valence-corrected chi connectivity index (χ3v) is 3.87. The fourth-order valence-corrected chi connectivity index (χ4v) is 2.47. The molecule has 0 aliphatic heterocycles. The van der Waals surface area contributed by atoms with E-state index in [0.29, 0.717) is 23.7 Å². The highest BCUT2D eigenvalue weighted by molar-refractivity contribution is 5.96. The summed E-state index contributed by atoms with van der Waals surface area (Å²) < 4.78 is 5.66. The van der Waals surface area contributed by atoms with E-state index < -0.39 is 0 Å². The Morgan fingerprint density at radius 3 is 2.38 bits per heavy atom. The first kappa shape index (κ1) is 19.5. The zero-order chi connectivity index (χ0) is 18.9. The van der Waals surface area contributed by atoms with Gasteiger partial charge in [0.25, 0.3) is 11.8 Å². The van der Waals surface area contributed by atoms with Gasteiger partial charge in [-0.1, -0.05) is 39.0 Å². The van der Waals surface area contributed by atoms with Gasteiger partial charge in [0.05, 0.1) is 0 Å². The van der Waals surface area contributed by atoms with E-state index in [1.54, 1.807) is 24.3 Å². The second-order valence-electron chi connectivity index (χ2n) is 6.36. The number of anilines is 1. The average molecular weight is 354 g/mol. The Morgan fingerprint density at radius 1 is 1.04 bits per heavy atom. The van der Waals surface area contributed by atoms with Crippen molar-refractivity contribution in [2.75, 3.05) is 18.5 Å². The predicted octanol–water partition coefficient (Wildman–Crippen LogP) is 3.97. The number of amides is 2. The number of hydrogen-bond donors (Lipinski definition) is 2. The summed E-state index contributed by atoms with van der Waals surface area (Å²) in [5.41, 5.74) is 2.27. The largest absolute Gasteiger partial charge is 0.483 e. The molecule has 138 valence electrons. The summed E-state index contributed by atoms with van der Waals surface area (Å²) >= 11 is 0. The molecular formula is C21H26N2O3. The summed E-state index contributed by atoms with van der Waals surface area (Å²) in [5.74, 6) is 0.686. The molecule has 2 aromatic carbocycles. The van der Waals surface area contributed by atoms with Crippen LogP contribution >= 0.6 is 0 Å². The molecule has 0 atom stereocenters. The number of rotatable bonds is 8. The van der Waals surface area contributed by atoms with Crippen LogP contribution in [0, 0.1) is 0 Å². The van der Waals surface area contributed by atoms with E-state index in [2.05, 4.69) is 24.5 Å². The number of carbonyl (C=O) groups excluding carboxylic acids is 2. The second kappa shape index (κ2) is 9.61. The molecule has 5 heteroatoms. The molecule has 5 nitrogen and oxygen atoms in total. The molecule has 0 aliphatic rings. The van der Waals surface area contributed by atoms with Gasteiger partial charge in [0.2, 0.25) is 0 Å². The van der Waals surface area contributed by atoms with Crippen LogP contribution in [0.5, 0.6) is 5.75 Å². The third-order valence-electron chi connectivity index (χ3n) is 3.87. The number of nitrogens with one attached hydrogen (secondary N) is 2. The van der Waals surface area contributed by atoms with Gasteiger partial charge in [-0.25, -0.2) is 0 Å². The van der Waals surface area contributed by atoms with Gasteiger partial charge in [-0.05, 0) is 48.2 Å². The monoisotopic (exact) mass is 354 g/mol. The van der Waals surface area contributed by atoms with E-state index in [1.165, 1.54) is 0 Å². The highest BCUT2D eigenvalue weighted by Gasteiger charge is 2.10. The highest BCUT2D eigenvalue weighted by atomic mass is 16.5. The maximum Gasteiger partial charge on any atom is 0.262 e. The summed E-state index contributed by atoms with van der Waals surface area (Å²) in [6, 6.07) is 14.5. The van der Waals surface area contributed by atoms with Crippen molar-refractivity contribution in [1.82, 2.24) is 5.32 Å². The van der Waals surface area contributed by atoms with Crippen molar-refractivity contribution in [1.29, 1.82) is 0 Å². The second-order valence-corrected chi connectivity index (χ2v) is 6.36. The number of benzene rings is 2. The number of para-hydroxylation sites is 1. The zero-order valence-corrected chi connectivity index (χ0v) is 15.5. The minimum Gasteiger partial charge on any atom is -0.483 e. The van der Waals surface area contributed by atoms with Crippen LogP contribution in [0.4, 0.5) is 5.69 Å². The maximum atomic E-state index is 12.1. The first-order chi connectivity index (χ1) is 12.5. The number of ether oxygens (including phenoxy) is 1. The van der Waals surface area contributed by atoms with Crippen LogP contribution in [0.3, 0.4) is 0 Å². The van der Waals surface area contributed by atoms with Gasteiger partial charge in [-0.3, -0.25) is 9.59 Å². The normalized spacial score (nSPS) is 10.5. The summed E-state index contributed by atoms with van der Waals surface area (Å²) in [5, 5.41) is 5.59. The van der Waals surface area contributed by atoms with Crippen LogP contribution in [-0.4, -0.2) is 25.0 Å². The van der Waals surface area contributed by atoms with E-state index in [0.717, 1.165) is 17.7 Å². The molecule has 0 aromatic heterocycles. The van der Waals surface area contributed by atoms with Gasteiger partial charge in [-0.2, -0.15) is 0 Å².